The molecule has 1 aromatic rings. The fraction of sp³-hybridized carbons (Fsp3) is 0.455. The minimum Gasteiger partial charge on any atom is -0.308 e. The highest BCUT2D eigenvalue weighted by Gasteiger charge is 2.26. The van der Waals surface area contributed by atoms with Gasteiger partial charge >= 0.3 is 0 Å². The molecule has 0 radical (unpaired) electrons. The molecule has 1 aliphatic rings. The smallest absolute Gasteiger partial charge is 0.124 e. The van der Waals surface area contributed by atoms with Crippen LogP contribution in [0.4, 0.5) is 4.39 Å². The monoisotopic (exact) mass is 261 g/mol. The maximum Gasteiger partial charge on any atom is 0.124 e. The molecule has 0 aliphatic carbocycles. The highest BCUT2D eigenvalue weighted by atomic mass is 35.5. The van der Waals surface area contributed by atoms with Crippen molar-refractivity contribution in [1.82, 2.24) is 5.32 Å². The van der Waals surface area contributed by atoms with Crippen LogP contribution >= 0.6 is 11.6 Å². The van der Waals surface area contributed by atoms with E-state index in [4.69, 9.17) is 11.6 Å². The highest BCUT2D eigenvalue weighted by Crippen LogP contribution is 2.26. The third kappa shape index (κ3) is 2.44. The van der Waals surface area contributed by atoms with Crippen LogP contribution in [0.2, 0.25) is 5.02 Å². The molecule has 0 saturated carbocycles. The van der Waals surface area contributed by atoms with Crippen molar-refractivity contribution in [3.05, 3.63) is 34.6 Å². The SMILES string of the molecule is CC1CNC(c2ccc(F)cc2Cl)CS1=O. The molecule has 0 amide bonds. The molecule has 0 aromatic heterocycles. The Hall–Kier alpha value is -0.450. The Labute approximate surface area is 102 Å². The molecule has 5 heteroatoms. The van der Waals surface area contributed by atoms with Gasteiger partial charge in [-0.05, 0) is 24.6 Å². The predicted molar refractivity (Wildman–Crippen MR) is 64.6 cm³/mol. The van der Waals surface area contributed by atoms with Crippen LogP contribution in [0.3, 0.4) is 0 Å². The second-order valence-electron chi connectivity index (χ2n) is 3.98. The first-order valence-electron chi connectivity index (χ1n) is 5.13. The van der Waals surface area contributed by atoms with E-state index in [0.29, 0.717) is 17.3 Å². The topological polar surface area (TPSA) is 29.1 Å². The van der Waals surface area contributed by atoms with Gasteiger partial charge < -0.3 is 5.32 Å². The number of nitrogens with one attached hydrogen (secondary N) is 1. The normalized spacial score (nSPS) is 30.3. The number of halogens is 2. The predicted octanol–water partition coefficient (Wildman–Crippen LogP) is 2.26. The van der Waals surface area contributed by atoms with Crippen molar-refractivity contribution < 1.29 is 8.60 Å². The lowest BCUT2D eigenvalue weighted by Gasteiger charge is -2.28. The van der Waals surface area contributed by atoms with Gasteiger partial charge in [0.2, 0.25) is 0 Å². The molecule has 1 aromatic carbocycles. The van der Waals surface area contributed by atoms with E-state index in [1.807, 2.05) is 6.92 Å². The molecule has 0 bridgehead atoms. The lowest BCUT2D eigenvalue weighted by atomic mass is 10.1. The van der Waals surface area contributed by atoms with Crippen LogP contribution < -0.4 is 5.32 Å². The zero-order chi connectivity index (χ0) is 11.7. The molecule has 3 unspecified atom stereocenters. The molecule has 1 saturated heterocycles. The van der Waals surface area contributed by atoms with Crippen LogP contribution in [0.25, 0.3) is 0 Å². The summed E-state index contributed by atoms with van der Waals surface area (Å²) in [5.41, 5.74) is 0.823. The molecule has 16 heavy (non-hydrogen) atoms. The Balaban J connectivity index is 2.22. The summed E-state index contributed by atoms with van der Waals surface area (Å²) >= 11 is 5.97. The summed E-state index contributed by atoms with van der Waals surface area (Å²) < 4.78 is 24.6. The second kappa shape index (κ2) is 4.82. The molecule has 1 heterocycles. The van der Waals surface area contributed by atoms with E-state index >= 15 is 0 Å². The van der Waals surface area contributed by atoms with Crippen molar-refractivity contribution in [1.29, 1.82) is 0 Å². The van der Waals surface area contributed by atoms with E-state index in [0.717, 1.165) is 5.56 Å². The lowest BCUT2D eigenvalue weighted by molar-refractivity contribution is 0.539. The highest BCUT2D eigenvalue weighted by molar-refractivity contribution is 7.85. The Morgan fingerprint density at radius 3 is 2.94 bits per heavy atom. The fourth-order valence-corrected chi connectivity index (χ4v) is 3.31. The summed E-state index contributed by atoms with van der Waals surface area (Å²) in [4.78, 5) is 0. The van der Waals surface area contributed by atoms with Crippen LogP contribution in [0.1, 0.15) is 18.5 Å². The van der Waals surface area contributed by atoms with Crippen LogP contribution in [0, 0.1) is 5.82 Å². The van der Waals surface area contributed by atoms with Crippen LogP contribution in [0.15, 0.2) is 18.2 Å². The maximum atomic E-state index is 12.9. The summed E-state index contributed by atoms with van der Waals surface area (Å²) in [6.45, 7) is 2.65. The number of rotatable bonds is 1. The van der Waals surface area contributed by atoms with Gasteiger partial charge in [0.05, 0.1) is 0 Å². The maximum absolute atomic E-state index is 12.9. The van der Waals surface area contributed by atoms with Crippen molar-refractivity contribution in [2.24, 2.45) is 0 Å². The van der Waals surface area contributed by atoms with Crippen molar-refractivity contribution in [2.45, 2.75) is 18.2 Å². The average molecular weight is 262 g/mol. The van der Waals surface area contributed by atoms with Gasteiger partial charge in [-0.3, -0.25) is 4.21 Å². The average Bonchev–Trinajstić information content (AvgIpc) is 2.22. The molecule has 0 spiro atoms. The molecule has 1 aliphatic heterocycles. The largest absolute Gasteiger partial charge is 0.308 e. The van der Waals surface area contributed by atoms with Crippen molar-refractivity contribution in [3.8, 4) is 0 Å². The van der Waals surface area contributed by atoms with E-state index in [-0.39, 0.29) is 17.1 Å². The molecular weight excluding hydrogens is 249 g/mol. The van der Waals surface area contributed by atoms with Crippen molar-refractivity contribution >= 4 is 22.4 Å². The minimum atomic E-state index is -0.844. The molecule has 88 valence electrons. The molecule has 1 N–H and O–H groups in total. The summed E-state index contributed by atoms with van der Waals surface area (Å²) in [7, 11) is -0.844. The van der Waals surface area contributed by atoms with Crippen LogP contribution in [-0.2, 0) is 10.8 Å². The summed E-state index contributed by atoms with van der Waals surface area (Å²) in [6.07, 6.45) is 0. The molecule has 1 fully saturated rings. The van der Waals surface area contributed by atoms with Gasteiger partial charge in [-0.2, -0.15) is 0 Å². The zero-order valence-corrected chi connectivity index (χ0v) is 10.4. The van der Waals surface area contributed by atoms with Crippen molar-refractivity contribution in [3.63, 3.8) is 0 Å². The summed E-state index contributed by atoms with van der Waals surface area (Å²) in [5.74, 6) is 0.186. The summed E-state index contributed by atoms with van der Waals surface area (Å²) in [5, 5.41) is 3.83. The minimum absolute atomic E-state index is 0.0369. The van der Waals surface area contributed by atoms with Crippen LogP contribution in [0.5, 0.6) is 0 Å². The van der Waals surface area contributed by atoms with E-state index in [1.54, 1.807) is 6.07 Å². The van der Waals surface area contributed by atoms with E-state index in [9.17, 15) is 8.60 Å². The van der Waals surface area contributed by atoms with E-state index in [2.05, 4.69) is 5.32 Å². The first-order valence-corrected chi connectivity index (χ1v) is 6.89. The van der Waals surface area contributed by atoms with Gasteiger partial charge in [0.15, 0.2) is 0 Å². The Morgan fingerprint density at radius 2 is 2.31 bits per heavy atom. The Bertz CT molecular complexity index is 426. The Morgan fingerprint density at radius 1 is 1.56 bits per heavy atom. The first kappa shape index (κ1) is 12.0. The van der Waals surface area contributed by atoms with Crippen molar-refractivity contribution in [2.75, 3.05) is 12.3 Å². The molecule has 3 atom stereocenters. The van der Waals surface area contributed by atoms with Crippen LogP contribution in [-0.4, -0.2) is 21.8 Å². The number of hydrogen-bond donors (Lipinski definition) is 1. The first-order chi connectivity index (χ1) is 7.58. The zero-order valence-electron chi connectivity index (χ0n) is 8.87. The number of benzene rings is 1. The van der Waals surface area contributed by atoms with E-state index in [1.165, 1.54) is 12.1 Å². The van der Waals surface area contributed by atoms with E-state index < -0.39 is 10.8 Å². The molecular formula is C11H13ClFNOS. The van der Waals surface area contributed by atoms with Gasteiger partial charge in [-0.15, -0.1) is 0 Å². The van der Waals surface area contributed by atoms with Gasteiger partial charge in [-0.25, -0.2) is 4.39 Å². The van der Waals surface area contributed by atoms with Gasteiger partial charge in [0.25, 0.3) is 0 Å². The van der Waals surface area contributed by atoms with Gasteiger partial charge in [0, 0.05) is 39.4 Å². The Kier molecular flexibility index (Phi) is 3.62. The van der Waals surface area contributed by atoms with Gasteiger partial charge in [-0.1, -0.05) is 17.7 Å². The summed E-state index contributed by atoms with van der Waals surface area (Å²) in [6, 6.07) is 4.29. The molecule has 2 rings (SSSR count). The lowest BCUT2D eigenvalue weighted by Crippen LogP contribution is -2.41. The standard InChI is InChI=1S/C11H13ClFNOS/c1-7-5-14-11(6-16(7)15)9-3-2-8(13)4-10(9)12/h2-4,7,11,14H,5-6H2,1H3. The second-order valence-corrected chi connectivity index (χ2v) is 6.29. The third-order valence-electron chi connectivity index (χ3n) is 2.77. The fourth-order valence-electron chi connectivity index (χ4n) is 1.77. The number of hydrogen-bond acceptors (Lipinski definition) is 2. The quantitative estimate of drug-likeness (QED) is 0.840. The van der Waals surface area contributed by atoms with Gasteiger partial charge in [0.1, 0.15) is 5.82 Å². The third-order valence-corrected chi connectivity index (χ3v) is 4.82. The molecule has 2 nitrogen and oxygen atoms in total.